The normalized spacial score (nSPS) is 16.1. The number of benzene rings is 1. The van der Waals surface area contributed by atoms with Crippen LogP contribution in [0.1, 0.15) is 36.6 Å². The van der Waals surface area contributed by atoms with Crippen molar-refractivity contribution in [1.82, 2.24) is 30.0 Å². The van der Waals surface area contributed by atoms with E-state index in [2.05, 4.69) is 46.3 Å². The first-order valence-corrected chi connectivity index (χ1v) is 12.7. The Morgan fingerprint density at radius 2 is 1.92 bits per heavy atom. The van der Waals surface area contributed by atoms with Gasteiger partial charge in [0.05, 0.1) is 11.6 Å². The first-order valence-electron chi connectivity index (χ1n) is 12.7. The van der Waals surface area contributed by atoms with E-state index in [-0.39, 0.29) is 22.7 Å². The molecule has 3 aromatic heterocycles. The fraction of sp³-hybridized carbons (Fsp3) is 0.385. The number of halogens is 2. The molecule has 6 rings (SSSR count). The predicted octanol–water partition coefficient (Wildman–Crippen LogP) is 4.72. The van der Waals surface area contributed by atoms with Crippen molar-refractivity contribution in [2.75, 3.05) is 42.9 Å². The Labute approximate surface area is 217 Å². The summed E-state index contributed by atoms with van der Waals surface area (Å²) >= 11 is 0. The summed E-state index contributed by atoms with van der Waals surface area (Å²) in [5, 5.41) is 19.6. The summed E-state index contributed by atoms with van der Waals surface area (Å²) < 4.78 is 35.7. The van der Waals surface area contributed by atoms with E-state index in [0.29, 0.717) is 48.6 Å². The lowest BCUT2D eigenvalue weighted by molar-refractivity contribution is 0.262. The van der Waals surface area contributed by atoms with Crippen LogP contribution in [-0.2, 0) is 0 Å². The molecule has 1 aliphatic carbocycles. The van der Waals surface area contributed by atoms with E-state index < -0.39 is 11.6 Å². The molecule has 1 saturated carbocycles. The molecule has 0 unspecified atom stereocenters. The van der Waals surface area contributed by atoms with Crippen molar-refractivity contribution in [1.29, 1.82) is 5.26 Å². The molecule has 1 aliphatic heterocycles. The largest absolute Gasteiger partial charge is 0.421 e. The summed E-state index contributed by atoms with van der Waals surface area (Å²) in [6.07, 6.45) is 2.77. The van der Waals surface area contributed by atoms with Crippen molar-refractivity contribution in [2.45, 2.75) is 32.1 Å². The maximum absolute atomic E-state index is 15.2. The number of H-pyrrole nitrogens is 2. The van der Waals surface area contributed by atoms with Crippen LogP contribution in [0.2, 0.25) is 0 Å². The number of fused-ring (bicyclic) bond motifs is 1. The number of piperazine rings is 1. The van der Waals surface area contributed by atoms with Crippen molar-refractivity contribution in [3.63, 3.8) is 0 Å². The quantitative estimate of drug-likeness (QED) is 0.306. The average Bonchev–Trinajstić information content (AvgIpc) is 3.53. The number of rotatable bonds is 8. The van der Waals surface area contributed by atoms with Crippen LogP contribution in [0.4, 0.5) is 26.2 Å². The number of aryl methyl sites for hydroxylation is 1. The number of hydrogen-bond donors (Lipinski definition) is 3. The molecule has 0 radical (unpaired) electrons. The maximum atomic E-state index is 15.2. The van der Waals surface area contributed by atoms with Crippen LogP contribution in [0.25, 0.3) is 10.9 Å². The molecule has 12 heteroatoms. The van der Waals surface area contributed by atoms with Crippen molar-refractivity contribution >= 4 is 28.4 Å². The third-order valence-corrected chi connectivity index (χ3v) is 6.90. The van der Waals surface area contributed by atoms with Crippen LogP contribution in [0.3, 0.4) is 0 Å². The van der Waals surface area contributed by atoms with Gasteiger partial charge >= 0.3 is 6.01 Å². The van der Waals surface area contributed by atoms with Gasteiger partial charge in [0.1, 0.15) is 11.6 Å². The van der Waals surface area contributed by atoms with Crippen molar-refractivity contribution < 1.29 is 13.5 Å². The van der Waals surface area contributed by atoms with Gasteiger partial charge < -0.3 is 19.9 Å². The van der Waals surface area contributed by atoms with Crippen LogP contribution in [0.15, 0.2) is 24.3 Å². The highest BCUT2D eigenvalue weighted by Gasteiger charge is 2.26. The zero-order valence-corrected chi connectivity index (χ0v) is 20.9. The number of ether oxygens (including phenoxy) is 1. The first kappa shape index (κ1) is 24.1. The zero-order chi connectivity index (χ0) is 26.2. The van der Waals surface area contributed by atoms with E-state index in [4.69, 9.17) is 10.00 Å². The molecule has 4 heterocycles. The van der Waals surface area contributed by atoms with Gasteiger partial charge in [-0.2, -0.15) is 20.3 Å². The lowest BCUT2D eigenvalue weighted by Crippen LogP contribution is -2.46. The van der Waals surface area contributed by atoms with Gasteiger partial charge in [-0.25, -0.2) is 8.78 Å². The maximum Gasteiger partial charge on any atom is 0.326 e. The van der Waals surface area contributed by atoms with Gasteiger partial charge in [0.25, 0.3) is 0 Å². The zero-order valence-electron chi connectivity index (χ0n) is 20.9. The van der Waals surface area contributed by atoms with Gasteiger partial charge in [-0.3, -0.25) is 10.00 Å². The van der Waals surface area contributed by atoms with Gasteiger partial charge in [0.2, 0.25) is 0 Å². The Morgan fingerprint density at radius 3 is 2.68 bits per heavy atom. The third kappa shape index (κ3) is 4.97. The summed E-state index contributed by atoms with van der Waals surface area (Å²) in [7, 11) is 0. The fourth-order valence-electron chi connectivity index (χ4n) is 4.74. The highest BCUT2D eigenvalue weighted by atomic mass is 19.1. The van der Waals surface area contributed by atoms with Crippen LogP contribution in [0.5, 0.6) is 11.8 Å². The highest BCUT2D eigenvalue weighted by Crippen LogP contribution is 2.40. The minimum atomic E-state index is -0.693. The molecule has 2 fully saturated rings. The molecule has 1 saturated heterocycles. The number of nitrogens with one attached hydrogen (secondary N) is 3. The van der Waals surface area contributed by atoms with E-state index >= 15 is 4.39 Å². The Morgan fingerprint density at radius 1 is 1.11 bits per heavy atom. The molecule has 10 nitrogen and oxygen atoms in total. The van der Waals surface area contributed by atoms with Crippen molar-refractivity contribution in [3.8, 4) is 17.8 Å². The van der Waals surface area contributed by atoms with Gasteiger partial charge in [-0.1, -0.05) is 0 Å². The van der Waals surface area contributed by atoms with Gasteiger partial charge in [-0.05, 0) is 25.8 Å². The van der Waals surface area contributed by atoms with E-state index in [1.165, 1.54) is 6.07 Å². The van der Waals surface area contributed by atoms with Gasteiger partial charge in [-0.15, -0.1) is 0 Å². The van der Waals surface area contributed by atoms with Crippen LogP contribution in [-0.4, -0.2) is 62.8 Å². The van der Waals surface area contributed by atoms with E-state index in [9.17, 15) is 4.39 Å². The molecule has 4 aromatic rings. The molecule has 2 aliphatic rings. The van der Waals surface area contributed by atoms with Gasteiger partial charge in [0, 0.05) is 80.0 Å². The lowest BCUT2D eigenvalue weighted by atomic mass is 10.2. The number of nitriles is 1. The number of aromatic amines is 2. The summed E-state index contributed by atoms with van der Waals surface area (Å²) in [4.78, 5) is 16.1. The van der Waals surface area contributed by atoms with E-state index in [1.54, 1.807) is 13.0 Å². The molecular formula is C26H27F2N9O. The monoisotopic (exact) mass is 519 g/mol. The summed E-state index contributed by atoms with van der Waals surface area (Å²) in [6.45, 7) is 5.38. The molecule has 0 spiro atoms. The number of hydrogen-bond acceptors (Lipinski definition) is 8. The van der Waals surface area contributed by atoms with Crippen LogP contribution < -0.4 is 15.0 Å². The Hall–Kier alpha value is -4.24. The standard InChI is InChI=1S/C26H27F2N9O/c1-15-11-17-24(28)20(12-18(27)25(17)30-15)38-26-32-21(31-22-13-19(34-35-22)16-3-4-16)14-23(33-26)37-9-7-36(8-10-37)6-2-5-29/h11-14,16,30H,2-4,6-10H2,1H3,(H2,31,32,33,34,35). The summed E-state index contributed by atoms with van der Waals surface area (Å²) in [5.41, 5.74) is 1.79. The van der Waals surface area contributed by atoms with E-state index in [1.807, 2.05) is 6.07 Å². The highest BCUT2D eigenvalue weighted by molar-refractivity contribution is 5.83. The summed E-state index contributed by atoms with van der Waals surface area (Å²) in [5.74, 6) is 0.512. The van der Waals surface area contributed by atoms with Crippen molar-refractivity contribution in [2.24, 2.45) is 0 Å². The summed E-state index contributed by atoms with van der Waals surface area (Å²) in [6, 6.07) is 8.35. The molecule has 3 N–H and O–H groups in total. The molecule has 0 bridgehead atoms. The van der Waals surface area contributed by atoms with Crippen molar-refractivity contribution in [3.05, 3.63) is 47.3 Å². The molecule has 0 amide bonds. The molecule has 0 atom stereocenters. The van der Waals surface area contributed by atoms with Gasteiger partial charge in [0.15, 0.2) is 23.2 Å². The van der Waals surface area contributed by atoms with Crippen LogP contribution >= 0.6 is 0 Å². The minimum Gasteiger partial charge on any atom is -0.421 e. The molecule has 1 aromatic carbocycles. The molecule has 38 heavy (non-hydrogen) atoms. The third-order valence-electron chi connectivity index (χ3n) is 6.90. The second-order valence-corrected chi connectivity index (χ2v) is 9.75. The molecular weight excluding hydrogens is 492 g/mol. The number of nitrogens with zero attached hydrogens (tertiary/aromatic N) is 6. The fourth-order valence-corrected chi connectivity index (χ4v) is 4.74. The predicted molar refractivity (Wildman–Crippen MR) is 138 cm³/mol. The second-order valence-electron chi connectivity index (χ2n) is 9.75. The second kappa shape index (κ2) is 9.90. The first-order chi connectivity index (χ1) is 18.5. The minimum absolute atomic E-state index is 0.0867. The Bertz CT molecular complexity index is 1510. The average molecular weight is 520 g/mol. The topological polar surface area (TPSA) is 122 Å². The Balaban J connectivity index is 1.30. The number of aromatic nitrogens is 5. The SMILES string of the molecule is Cc1cc2c(F)c(Oc3nc(Nc4cc(C5CC5)[nH]n4)cc(N4CCN(CCC#N)CC4)n3)cc(F)c2[nH]1. The smallest absolute Gasteiger partial charge is 0.326 e. The van der Waals surface area contributed by atoms with Crippen LogP contribution in [0, 0.1) is 29.9 Å². The lowest BCUT2D eigenvalue weighted by Gasteiger charge is -2.35. The Kier molecular flexibility index (Phi) is 6.29. The number of anilines is 3. The molecule has 196 valence electrons. The van der Waals surface area contributed by atoms with E-state index in [0.717, 1.165) is 44.2 Å².